The van der Waals surface area contributed by atoms with E-state index in [1.54, 1.807) is 48.8 Å². The molecule has 5 N–H and O–H groups in total. The number of piperidine rings is 1. The zero-order valence-electron chi connectivity index (χ0n) is 20.6. The summed E-state index contributed by atoms with van der Waals surface area (Å²) in [5, 5.41) is 14.0. The molecule has 0 radical (unpaired) electrons. The molecular weight excluding hydrogens is 488 g/mol. The Morgan fingerprint density at radius 3 is 2.66 bits per heavy atom. The number of anilines is 2. The normalized spacial score (nSPS) is 15.2. The Labute approximate surface area is 217 Å². The summed E-state index contributed by atoms with van der Waals surface area (Å²) < 4.78 is 6.13. The lowest BCUT2D eigenvalue weighted by atomic mass is 10.1. The molecular formula is C26H26N8O4. The fourth-order valence-corrected chi connectivity index (χ4v) is 4.33. The van der Waals surface area contributed by atoms with Crippen molar-refractivity contribution in [3.8, 4) is 11.5 Å². The van der Waals surface area contributed by atoms with Crippen LogP contribution in [0.4, 0.5) is 11.6 Å². The number of hydrogen-bond acceptors (Lipinski definition) is 8. The smallest absolute Gasteiger partial charge is 0.311 e. The Morgan fingerprint density at radius 2 is 1.89 bits per heavy atom. The number of nitrogens with zero attached hydrogens (tertiary/aromatic N) is 4. The molecule has 5 rings (SSSR count). The molecule has 38 heavy (non-hydrogen) atoms. The van der Waals surface area contributed by atoms with Crippen LogP contribution in [0, 0.1) is 6.92 Å². The lowest BCUT2D eigenvalue weighted by Gasteiger charge is -2.32. The molecule has 4 heterocycles. The van der Waals surface area contributed by atoms with Gasteiger partial charge in [-0.2, -0.15) is 5.10 Å². The fraction of sp³-hybridized carbons (Fsp3) is 0.231. The van der Waals surface area contributed by atoms with Crippen LogP contribution in [0.5, 0.6) is 11.5 Å². The van der Waals surface area contributed by atoms with E-state index in [2.05, 4.69) is 30.8 Å². The maximum atomic E-state index is 12.6. The number of H-pyrrole nitrogens is 1. The predicted molar refractivity (Wildman–Crippen MR) is 140 cm³/mol. The van der Waals surface area contributed by atoms with E-state index in [-0.39, 0.29) is 11.9 Å². The van der Waals surface area contributed by atoms with Crippen molar-refractivity contribution in [3.05, 3.63) is 66.0 Å². The van der Waals surface area contributed by atoms with E-state index in [1.807, 2.05) is 13.0 Å². The summed E-state index contributed by atoms with van der Waals surface area (Å²) in [6.45, 7) is 2.73. The molecule has 1 fully saturated rings. The van der Waals surface area contributed by atoms with Gasteiger partial charge < -0.3 is 26.0 Å². The Kier molecular flexibility index (Phi) is 6.85. The second kappa shape index (κ2) is 10.5. The third-order valence-electron chi connectivity index (χ3n) is 6.18. The number of nitrogens with two attached hydrogens (primary N) is 1. The largest absolute Gasteiger partial charge is 0.456 e. The lowest BCUT2D eigenvalue weighted by Crippen LogP contribution is -2.49. The Morgan fingerprint density at radius 1 is 1.11 bits per heavy atom. The van der Waals surface area contributed by atoms with Crippen molar-refractivity contribution in [1.82, 2.24) is 25.1 Å². The van der Waals surface area contributed by atoms with Crippen molar-refractivity contribution < 1.29 is 19.1 Å². The van der Waals surface area contributed by atoms with E-state index in [4.69, 9.17) is 10.5 Å². The van der Waals surface area contributed by atoms with Gasteiger partial charge in [-0.1, -0.05) is 0 Å². The molecule has 1 aliphatic heterocycles. The molecule has 3 amide bonds. The van der Waals surface area contributed by atoms with Gasteiger partial charge >= 0.3 is 11.8 Å². The highest BCUT2D eigenvalue weighted by Gasteiger charge is 2.27. The van der Waals surface area contributed by atoms with Gasteiger partial charge in [0.05, 0.1) is 0 Å². The van der Waals surface area contributed by atoms with E-state index >= 15 is 0 Å². The highest BCUT2D eigenvalue weighted by molar-refractivity contribution is 6.34. The number of likely N-dealkylation sites (tertiary alicyclic amines) is 1. The van der Waals surface area contributed by atoms with Crippen LogP contribution < -0.4 is 21.1 Å². The van der Waals surface area contributed by atoms with Gasteiger partial charge in [0.1, 0.15) is 22.7 Å². The fourth-order valence-electron chi connectivity index (χ4n) is 4.33. The molecule has 3 aromatic heterocycles. The number of nitrogens with one attached hydrogen (secondary N) is 3. The third kappa shape index (κ3) is 5.38. The van der Waals surface area contributed by atoms with E-state index in [9.17, 15) is 14.4 Å². The van der Waals surface area contributed by atoms with Gasteiger partial charge in [-0.05, 0) is 61.7 Å². The Bertz CT molecular complexity index is 1500. The van der Waals surface area contributed by atoms with Crippen LogP contribution in [-0.4, -0.2) is 61.9 Å². The number of rotatable bonds is 6. The van der Waals surface area contributed by atoms with Crippen molar-refractivity contribution in [3.63, 3.8) is 0 Å². The molecule has 1 saturated heterocycles. The summed E-state index contributed by atoms with van der Waals surface area (Å²) >= 11 is 0. The average Bonchev–Trinajstić information content (AvgIpc) is 3.32. The zero-order valence-corrected chi connectivity index (χ0v) is 20.6. The Balaban J connectivity index is 1.30. The first-order valence-corrected chi connectivity index (χ1v) is 12.1. The Hall–Kier alpha value is -5.00. The van der Waals surface area contributed by atoms with Crippen molar-refractivity contribution in [2.45, 2.75) is 25.8 Å². The molecule has 194 valence electrons. The standard InChI is InChI=1S/C26H26N8O4/c1-15-8-10-28-20(13-15)31-25(36)16-4-6-18(7-5-16)38-19-9-11-29-23-21(19)24(33-32-23)30-17-3-2-12-34(14-17)26(37)22(27)35/h4-11,13,17H,2-3,12,14H2,1H3,(H2,27,35)(H,28,31,36)(H2,29,30,32,33). The SMILES string of the molecule is Cc1ccnc(NC(=O)c2ccc(Oc3ccnc4[nH]nc(NC5CCCN(C(=O)C(N)=O)C5)c34)cc2)c1. The monoisotopic (exact) mass is 514 g/mol. The van der Waals surface area contributed by atoms with Crippen LogP contribution in [-0.2, 0) is 9.59 Å². The molecule has 0 saturated carbocycles. The van der Waals surface area contributed by atoms with Crippen LogP contribution in [0.3, 0.4) is 0 Å². The number of benzene rings is 1. The minimum atomic E-state index is -0.967. The number of aromatic amines is 1. The van der Waals surface area contributed by atoms with Gasteiger partial charge in [-0.15, -0.1) is 0 Å². The van der Waals surface area contributed by atoms with Crippen LogP contribution in [0.1, 0.15) is 28.8 Å². The summed E-state index contributed by atoms with van der Waals surface area (Å²) in [7, 11) is 0. The number of aryl methyl sites for hydroxylation is 1. The number of carbonyl (C=O) groups excluding carboxylic acids is 3. The first-order chi connectivity index (χ1) is 18.4. The number of primary amides is 1. The van der Waals surface area contributed by atoms with Gasteiger partial charge in [0.2, 0.25) is 0 Å². The number of carbonyl (C=O) groups is 3. The van der Waals surface area contributed by atoms with Gasteiger partial charge in [0.25, 0.3) is 5.91 Å². The summed E-state index contributed by atoms with van der Waals surface area (Å²) in [5.41, 5.74) is 7.14. The van der Waals surface area contributed by atoms with Crippen molar-refractivity contribution in [2.24, 2.45) is 5.73 Å². The molecule has 1 aromatic carbocycles. The molecule has 12 heteroatoms. The first kappa shape index (κ1) is 24.7. The van der Waals surface area contributed by atoms with Crippen LogP contribution in [0.25, 0.3) is 11.0 Å². The lowest BCUT2D eigenvalue weighted by molar-refractivity contribution is -0.144. The van der Waals surface area contributed by atoms with E-state index in [1.165, 1.54) is 4.90 Å². The molecule has 1 unspecified atom stereocenters. The number of ether oxygens (including phenoxy) is 1. The summed E-state index contributed by atoms with van der Waals surface area (Å²) in [6, 6.07) is 12.0. The number of aromatic nitrogens is 4. The molecule has 0 aliphatic carbocycles. The van der Waals surface area contributed by atoms with Crippen molar-refractivity contribution in [2.75, 3.05) is 23.7 Å². The topological polar surface area (TPSA) is 168 Å². The first-order valence-electron chi connectivity index (χ1n) is 12.1. The van der Waals surface area contributed by atoms with Gasteiger partial charge in [-0.3, -0.25) is 19.5 Å². The summed E-state index contributed by atoms with van der Waals surface area (Å²) in [5.74, 6) is 0.0859. The second-order valence-electron chi connectivity index (χ2n) is 9.00. The van der Waals surface area contributed by atoms with Crippen LogP contribution in [0.15, 0.2) is 54.9 Å². The number of hydrogen-bond donors (Lipinski definition) is 4. The molecule has 4 aromatic rings. The molecule has 1 aliphatic rings. The minimum absolute atomic E-state index is 0.132. The maximum absolute atomic E-state index is 12.6. The van der Waals surface area contributed by atoms with Crippen LogP contribution >= 0.6 is 0 Å². The highest BCUT2D eigenvalue weighted by Crippen LogP contribution is 2.33. The summed E-state index contributed by atoms with van der Waals surface area (Å²) in [6.07, 6.45) is 4.75. The minimum Gasteiger partial charge on any atom is -0.456 e. The van der Waals surface area contributed by atoms with E-state index in [0.29, 0.717) is 52.8 Å². The number of fused-ring (bicyclic) bond motifs is 1. The van der Waals surface area contributed by atoms with Crippen molar-refractivity contribution >= 4 is 40.4 Å². The van der Waals surface area contributed by atoms with Crippen molar-refractivity contribution in [1.29, 1.82) is 0 Å². The molecule has 0 bridgehead atoms. The average molecular weight is 515 g/mol. The van der Waals surface area contributed by atoms with E-state index < -0.39 is 11.8 Å². The third-order valence-corrected chi connectivity index (χ3v) is 6.18. The van der Waals surface area contributed by atoms with Gasteiger partial charge in [-0.25, -0.2) is 9.97 Å². The number of pyridine rings is 2. The van der Waals surface area contributed by atoms with Gasteiger partial charge in [0, 0.05) is 43.2 Å². The second-order valence-corrected chi connectivity index (χ2v) is 9.00. The molecule has 0 spiro atoms. The summed E-state index contributed by atoms with van der Waals surface area (Å²) in [4.78, 5) is 45.9. The predicted octanol–water partition coefficient (Wildman–Crippen LogP) is 2.59. The zero-order chi connectivity index (χ0) is 26.6. The quantitative estimate of drug-likeness (QED) is 0.285. The van der Waals surface area contributed by atoms with Gasteiger partial charge in [0.15, 0.2) is 11.5 Å². The number of amides is 3. The maximum Gasteiger partial charge on any atom is 0.311 e. The highest BCUT2D eigenvalue weighted by atomic mass is 16.5. The molecule has 12 nitrogen and oxygen atoms in total. The van der Waals surface area contributed by atoms with E-state index in [0.717, 1.165) is 18.4 Å². The molecule has 1 atom stereocenters. The van der Waals surface area contributed by atoms with Crippen LogP contribution in [0.2, 0.25) is 0 Å².